The molecule has 0 bridgehead atoms. The van der Waals surface area contributed by atoms with Gasteiger partial charge < -0.3 is 27.0 Å². The second kappa shape index (κ2) is 10.7. The summed E-state index contributed by atoms with van der Waals surface area (Å²) in [6, 6.07) is 8.79. The molecule has 6 rings (SSSR count). The molecule has 1 amide bonds. The summed E-state index contributed by atoms with van der Waals surface area (Å²) in [5.41, 5.74) is 13.1. The lowest BCUT2D eigenvalue weighted by Crippen LogP contribution is -2.85. The van der Waals surface area contributed by atoms with Crippen molar-refractivity contribution in [3.8, 4) is 17.6 Å². The van der Waals surface area contributed by atoms with Crippen LogP contribution >= 0.6 is 0 Å². The van der Waals surface area contributed by atoms with E-state index in [2.05, 4.69) is 0 Å². The van der Waals surface area contributed by atoms with Gasteiger partial charge in [-0.3, -0.25) is 39.0 Å². The van der Waals surface area contributed by atoms with Gasteiger partial charge in [0.2, 0.25) is 5.91 Å². The van der Waals surface area contributed by atoms with Gasteiger partial charge in [-0.25, -0.2) is 0 Å². The van der Waals surface area contributed by atoms with Gasteiger partial charge in [0.15, 0.2) is 34.5 Å². The van der Waals surface area contributed by atoms with Crippen LogP contribution in [0.3, 0.4) is 0 Å². The van der Waals surface area contributed by atoms with Crippen LogP contribution in [-0.4, -0.2) is 75.2 Å². The lowest BCUT2D eigenvalue weighted by molar-refractivity contribution is -0.384. The number of phenols is 1. The molecule has 0 aliphatic heterocycles. The van der Waals surface area contributed by atoms with Crippen molar-refractivity contribution in [2.75, 3.05) is 14.1 Å². The molecule has 0 saturated heterocycles. The van der Waals surface area contributed by atoms with Gasteiger partial charge >= 0.3 is 0 Å². The van der Waals surface area contributed by atoms with Gasteiger partial charge in [-0.2, -0.15) is 5.26 Å². The molecule has 0 aromatic heterocycles. The number of ketones is 4. The monoisotopic (exact) mass is 654 g/mol. The molecule has 15 nitrogen and oxygen atoms in total. The van der Waals surface area contributed by atoms with Crippen LogP contribution in [0.1, 0.15) is 34.3 Å². The molecule has 48 heavy (non-hydrogen) atoms. The normalized spacial score (nSPS) is 30.9. The third kappa shape index (κ3) is 4.27. The topological polar surface area (TPSA) is 263 Å². The number of hydrogen-bond acceptors (Lipinski definition) is 13. The maximum atomic E-state index is 14.5. The van der Waals surface area contributed by atoms with Crippen molar-refractivity contribution in [3.05, 3.63) is 81.1 Å². The number of nitrogens with zero attached hydrogens (tertiary/aromatic N) is 3. The van der Waals surface area contributed by atoms with Crippen molar-refractivity contribution in [3.63, 3.8) is 0 Å². The molecule has 2 aromatic rings. The quantitative estimate of drug-likeness (QED) is 0.188. The number of nitrogens with two attached hydrogens (primary N) is 3. The van der Waals surface area contributed by atoms with Crippen LogP contribution in [0, 0.1) is 38.7 Å². The van der Waals surface area contributed by atoms with E-state index >= 15 is 0 Å². The summed E-state index contributed by atoms with van der Waals surface area (Å²) in [5.74, 6) is -10.0. The Morgan fingerprint density at radius 1 is 1.15 bits per heavy atom. The Morgan fingerprint density at radius 3 is 2.48 bits per heavy atom. The van der Waals surface area contributed by atoms with Crippen LogP contribution < -0.4 is 21.9 Å². The first-order valence-corrected chi connectivity index (χ1v) is 14.8. The van der Waals surface area contributed by atoms with Crippen LogP contribution in [0.5, 0.6) is 11.5 Å². The summed E-state index contributed by atoms with van der Waals surface area (Å²) in [6.07, 6.45) is 2.89. The van der Waals surface area contributed by atoms with Crippen molar-refractivity contribution in [2.24, 2.45) is 34.5 Å². The molecule has 2 aromatic carbocycles. The molecule has 15 heteroatoms. The maximum absolute atomic E-state index is 14.5. The molecule has 2 fully saturated rings. The molecule has 246 valence electrons. The van der Waals surface area contributed by atoms with Gasteiger partial charge in [0, 0.05) is 29.7 Å². The lowest BCUT2D eigenvalue weighted by Gasteiger charge is -2.60. The molecular formula is C33H30N6O9. The largest absolute Gasteiger partial charge is 0.507 e. The highest BCUT2D eigenvalue weighted by atomic mass is 16.6. The molecule has 6 atom stereocenters. The number of likely N-dealkylation sites (N-methyl/N-ethyl adjacent to an activating group) is 1. The number of carbonyl (C=O) groups is 5. The summed E-state index contributed by atoms with van der Waals surface area (Å²) in [7, 11) is 2.84. The molecule has 4 aliphatic rings. The number of rotatable bonds is 6. The fourth-order valence-corrected chi connectivity index (χ4v) is 7.99. The molecular weight excluding hydrogens is 624 g/mol. The number of fused-ring (bicyclic) bond motifs is 3. The highest BCUT2D eigenvalue weighted by Crippen LogP contribution is 2.57. The Hall–Kier alpha value is -5.56. The van der Waals surface area contributed by atoms with E-state index in [1.807, 2.05) is 0 Å². The van der Waals surface area contributed by atoms with Crippen LogP contribution in [0.15, 0.2) is 54.3 Å². The van der Waals surface area contributed by atoms with Crippen LogP contribution in [-0.2, 0) is 25.6 Å². The lowest BCUT2D eigenvalue weighted by atomic mass is 9.43. The van der Waals surface area contributed by atoms with Gasteiger partial charge in [0.25, 0.3) is 5.69 Å². The molecule has 0 spiro atoms. The fraction of sp³-hybridized carbons (Fsp3) is 0.333. The van der Waals surface area contributed by atoms with E-state index in [1.54, 1.807) is 30.4 Å². The number of phenolic OH excluding ortho intramolecular Hbond substituents is 1. The van der Waals surface area contributed by atoms with Crippen LogP contribution in [0.2, 0.25) is 0 Å². The highest BCUT2D eigenvalue weighted by Gasteiger charge is 2.78. The predicted molar refractivity (Wildman–Crippen MR) is 166 cm³/mol. The highest BCUT2D eigenvalue weighted by molar-refractivity contribution is 6.33. The van der Waals surface area contributed by atoms with Gasteiger partial charge in [-0.15, -0.1) is 0 Å². The maximum Gasteiger partial charge on any atom is 0.270 e. The first kappa shape index (κ1) is 32.4. The van der Waals surface area contributed by atoms with Gasteiger partial charge in [-0.05, 0) is 56.3 Å². The number of nitro benzene ring substituents is 1. The average molecular weight is 655 g/mol. The zero-order valence-electron chi connectivity index (χ0n) is 25.8. The number of nitriles is 1. The van der Waals surface area contributed by atoms with E-state index in [0.29, 0.717) is 16.9 Å². The second-order valence-corrected chi connectivity index (χ2v) is 12.9. The molecule has 2 saturated carbocycles. The number of aromatic hydroxyl groups is 1. The Labute approximate surface area is 272 Å². The number of Topliss-reactive ketones (excluding diaryl/α,β-unsaturated/α-hetero) is 4. The van der Waals surface area contributed by atoms with Crippen molar-refractivity contribution in [1.29, 1.82) is 5.26 Å². The molecule has 7 N–H and O–H groups in total. The van der Waals surface area contributed by atoms with Crippen molar-refractivity contribution in [1.82, 2.24) is 4.90 Å². The zero-order valence-corrected chi connectivity index (χ0v) is 25.8. The summed E-state index contributed by atoms with van der Waals surface area (Å²) < 4.78 is 6.18. The number of hydrogen-bond donors (Lipinski definition) is 4. The number of non-ortho nitro benzene ring substituents is 1. The summed E-state index contributed by atoms with van der Waals surface area (Å²) in [4.78, 5) is 80.5. The third-order valence-corrected chi connectivity index (χ3v) is 9.90. The Morgan fingerprint density at radius 2 is 1.85 bits per heavy atom. The van der Waals surface area contributed by atoms with E-state index in [1.165, 1.54) is 43.3 Å². The number of nitro groups is 1. The van der Waals surface area contributed by atoms with Crippen molar-refractivity contribution in [2.45, 2.75) is 36.4 Å². The Kier molecular flexibility index (Phi) is 7.25. The number of ether oxygens (including phenoxy) is 1. The number of amides is 1. The zero-order chi connectivity index (χ0) is 35.1. The first-order valence-electron chi connectivity index (χ1n) is 14.8. The first-order chi connectivity index (χ1) is 22.5. The molecule has 2 unspecified atom stereocenters. The SMILES string of the molecule is CN(C)[C@@H]1C(=O)C(C(N)=O)C(=O)[C@@]2(C#N)C(=O)C3C(=O)c4c(O)ccc(OC5=CC(c6cccc([N+](=O)[O-])c6)=CC5)c4C[C@@]3(N)C[C@@]12N. The minimum Gasteiger partial charge on any atom is -0.507 e. The minimum absolute atomic E-state index is 0.0896. The summed E-state index contributed by atoms with van der Waals surface area (Å²) in [5, 5.41) is 32.6. The van der Waals surface area contributed by atoms with Crippen LogP contribution in [0.4, 0.5) is 5.69 Å². The van der Waals surface area contributed by atoms with Crippen LogP contribution in [0.25, 0.3) is 5.57 Å². The molecule has 4 aliphatic carbocycles. The van der Waals surface area contributed by atoms with Gasteiger partial charge in [0.05, 0.1) is 28.1 Å². The third-order valence-electron chi connectivity index (χ3n) is 9.90. The summed E-state index contributed by atoms with van der Waals surface area (Å²) in [6.45, 7) is 0. The van der Waals surface area contributed by atoms with E-state index in [-0.39, 0.29) is 35.4 Å². The smallest absolute Gasteiger partial charge is 0.270 e. The van der Waals surface area contributed by atoms with Gasteiger partial charge in [0.1, 0.15) is 23.2 Å². The predicted octanol–water partition coefficient (Wildman–Crippen LogP) is 0.467. The number of primary amides is 1. The Balaban J connectivity index is 1.43. The number of carbonyl (C=O) groups excluding carboxylic acids is 5. The number of benzene rings is 2. The van der Waals surface area contributed by atoms with Crippen molar-refractivity contribution < 1.29 is 38.7 Å². The Bertz CT molecular complexity index is 2000. The second-order valence-electron chi connectivity index (χ2n) is 12.9. The minimum atomic E-state index is -2.84. The van der Waals surface area contributed by atoms with Gasteiger partial charge in [-0.1, -0.05) is 18.2 Å². The van der Waals surface area contributed by atoms with E-state index in [9.17, 15) is 44.5 Å². The average Bonchev–Trinajstić information content (AvgIpc) is 3.46. The molecule has 0 heterocycles. The fourth-order valence-electron chi connectivity index (χ4n) is 7.99. The van der Waals surface area contributed by atoms with E-state index in [4.69, 9.17) is 21.9 Å². The van der Waals surface area contributed by atoms with E-state index in [0.717, 1.165) is 0 Å². The standard InChI is InChI=1S/C33H30N6O9/c1-38(2)27-26(42)23(30(35)45)28(43)32(14-34)29(44)24-25(41)22-19(12-31(24,36)13-33(27,32)37)21(9-8-20(22)40)48-18-7-6-16(11-18)15-4-3-5-17(10-15)39(46)47/h3-6,8-11,23-24,27,40H,7,12-13,36-37H2,1-2H3,(H2,35,45)/t23?,24?,27-,31-,32+,33-/m1/s1. The molecule has 0 radical (unpaired) electrons. The van der Waals surface area contributed by atoms with E-state index < -0.39 is 80.5 Å². The number of allylic oxidation sites excluding steroid dienone is 3. The van der Waals surface area contributed by atoms with Crippen molar-refractivity contribution >= 4 is 40.3 Å². The summed E-state index contributed by atoms with van der Waals surface area (Å²) >= 11 is 0.